The van der Waals surface area contributed by atoms with Gasteiger partial charge in [-0.2, -0.15) is 0 Å². The number of ether oxygens (including phenoxy) is 1. The van der Waals surface area contributed by atoms with Crippen LogP contribution in [0.3, 0.4) is 0 Å². The maximum Gasteiger partial charge on any atom is 0.0723 e. The summed E-state index contributed by atoms with van der Waals surface area (Å²) in [6.45, 7) is 0.909. The molecule has 0 radical (unpaired) electrons. The highest BCUT2D eigenvalue weighted by molar-refractivity contribution is 6.30. The summed E-state index contributed by atoms with van der Waals surface area (Å²) in [5.41, 5.74) is 1.30. The summed E-state index contributed by atoms with van der Waals surface area (Å²) in [5.74, 6) is 0. The predicted molar refractivity (Wildman–Crippen MR) is 62.9 cm³/mol. The fraction of sp³-hybridized carbons (Fsp3) is 0.455. The average Bonchev–Trinajstić information content (AvgIpc) is 2.19. The van der Waals surface area contributed by atoms with Crippen LogP contribution in [0.1, 0.15) is 24.8 Å². The van der Waals surface area contributed by atoms with Crippen molar-refractivity contribution in [1.82, 2.24) is 0 Å². The first-order valence-electron chi connectivity index (χ1n) is 5.11. The molecule has 0 aromatic heterocycles. The van der Waals surface area contributed by atoms with Crippen molar-refractivity contribution in [2.75, 3.05) is 6.61 Å². The van der Waals surface area contributed by atoms with Crippen LogP contribution < -0.4 is 0 Å². The molecule has 76 valence electrons. The quantitative estimate of drug-likeness (QED) is 0.667. The molecule has 0 spiro atoms. The minimum atomic E-state index is 0.0445. The Kier molecular flexibility index (Phi) is 2.95. The second kappa shape index (κ2) is 4.05. The fourth-order valence-corrected chi connectivity index (χ4v) is 2.98. The summed E-state index contributed by atoms with van der Waals surface area (Å²) in [6.07, 6.45) is 3.66. The largest absolute Gasteiger partial charge is 0.375 e. The molecule has 0 aliphatic carbocycles. The Hall–Kier alpha value is -0.313. The van der Waals surface area contributed by atoms with Gasteiger partial charge in [0.05, 0.1) is 5.22 Å². The molecule has 14 heavy (non-hydrogen) atoms. The monoisotopic (exact) mass is 226 g/mol. The Balaban J connectivity index is 2.23. The molecule has 0 bridgehead atoms. The van der Waals surface area contributed by atoms with Gasteiger partial charge in [-0.05, 0) is 37.0 Å². The van der Waals surface area contributed by atoms with E-state index in [9.17, 15) is 0 Å². The molecule has 1 nitrogen and oxygen atoms in total. The maximum atomic E-state index is 5.91. The Labute approximate surface area is 92.8 Å². The number of rotatable bonds is 1. The van der Waals surface area contributed by atoms with Crippen LogP contribution in [0.4, 0.5) is 0 Å². The molecule has 0 N–H and O–H groups in total. The van der Waals surface area contributed by atoms with Crippen molar-refractivity contribution >= 4 is 21.8 Å². The zero-order valence-corrected chi connectivity index (χ0v) is 11.2. The van der Waals surface area contributed by atoms with Crippen LogP contribution >= 0.6 is 11.6 Å². The van der Waals surface area contributed by atoms with Gasteiger partial charge in [0.25, 0.3) is 0 Å². The van der Waals surface area contributed by atoms with Gasteiger partial charge in [0, 0.05) is 21.9 Å². The van der Waals surface area contributed by atoms with Gasteiger partial charge < -0.3 is 4.74 Å². The van der Waals surface area contributed by atoms with E-state index >= 15 is 0 Å². The highest BCUT2D eigenvalue weighted by atomic mass is 35.5. The van der Waals surface area contributed by atoms with E-state index in [1.54, 1.807) is 0 Å². The third-order valence-corrected chi connectivity index (χ3v) is 4.54. The smallest absolute Gasteiger partial charge is 0.0723 e. The van der Waals surface area contributed by atoms with E-state index in [0.717, 1.165) is 21.9 Å². The molecule has 1 unspecified atom stereocenters. The SMILES string of the molecule is [SiH3]C1(c2ccc(Cl)cc2)CCCCO1. The van der Waals surface area contributed by atoms with Gasteiger partial charge in [0.15, 0.2) is 0 Å². The normalized spacial score (nSPS) is 27.8. The summed E-state index contributed by atoms with van der Waals surface area (Å²) in [5, 5.41) is 0.845. The van der Waals surface area contributed by atoms with Gasteiger partial charge >= 0.3 is 0 Å². The minimum Gasteiger partial charge on any atom is -0.375 e. The van der Waals surface area contributed by atoms with Crippen molar-refractivity contribution in [1.29, 1.82) is 0 Å². The molecule has 1 heterocycles. The van der Waals surface area contributed by atoms with E-state index in [-0.39, 0.29) is 5.22 Å². The molecule has 1 aliphatic rings. The molecular weight excluding hydrogens is 212 g/mol. The zero-order chi connectivity index (χ0) is 10.0. The maximum absolute atomic E-state index is 5.91. The molecule has 0 saturated carbocycles. The lowest BCUT2D eigenvalue weighted by Gasteiger charge is -2.34. The third kappa shape index (κ3) is 2.02. The Morgan fingerprint density at radius 1 is 1.21 bits per heavy atom. The van der Waals surface area contributed by atoms with E-state index < -0.39 is 0 Å². The first kappa shape index (κ1) is 10.2. The summed E-state index contributed by atoms with van der Waals surface area (Å²) in [7, 11) is 1.05. The Bertz CT molecular complexity index is 304. The molecule has 2 rings (SSSR count). The van der Waals surface area contributed by atoms with E-state index in [1.165, 1.54) is 24.8 Å². The van der Waals surface area contributed by atoms with Crippen molar-refractivity contribution in [2.45, 2.75) is 24.5 Å². The molecule has 1 aromatic carbocycles. The third-order valence-electron chi connectivity index (χ3n) is 2.92. The van der Waals surface area contributed by atoms with E-state index in [0.29, 0.717) is 0 Å². The van der Waals surface area contributed by atoms with Crippen LogP contribution in [-0.4, -0.2) is 16.8 Å². The zero-order valence-electron chi connectivity index (χ0n) is 8.42. The number of hydrogen-bond donors (Lipinski definition) is 0. The van der Waals surface area contributed by atoms with Gasteiger partial charge in [-0.25, -0.2) is 0 Å². The highest BCUT2D eigenvalue weighted by Gasteiger charge is 2.29. The molecule has 1 aromatic rings. The first-order chi connectivity index (χ1) is 6.71. The molecule has 3 heteroatoms. The molecule has 1 fully saturated rings. The Morgan fingerprint density at radius 2 is 1.93 bits per heavy atom. The summed E-state index contributed by atoms with van der Waals surface area (Å²) in [6, 6.07) is 8.10. The van der Waals surface area contributed by atoms with Crippen molar-refractivity contribution in [3.63, 3.8) is 0 Å². The van der Waals surface area contributed by atoms with E-state index in [4.69, 9.17) is 16.3 Å². The van der Waals surface area contributed by atoms with Gasteiger partial charge in [0.2, 0.25) is 0 Å². The second-order valence-corrected chi connectivity index (χ2v) is 6.10. The van der Waals surface area contributed by atoms with Gasteiger partial charge in [-0.1, -0.05) is 23.7 Å². The van der Waals surface area contributed by atoms with Crippen LogP contribution in [-0.2, 0) is 9.96 Å². The highest BCUT2D eigenvalue weighted by Crippen LogP contribution is 2.32. The van der Waals surface area contributed by atoms with Crippen molar-refractivity contribution in [3.05, 3.63) is 34.9 Å². The topological polar surface area (TPSA) is 9.23 Å². The van der Waals surface area contributed by atoms with Crippen molar-refractivity contribution in [2.24, 2.45) is 0 Å². The second-order valence-electron chi connectivity index (χ2n) is 4.04. The first-order valence-corrected chi connectivity index (χ1v) is 6.48. The lowest BCUT2D eigenvalue weighted by atomic mass is 10.0. The summed E-state index contributed by atoms with van der Waals surface area (Å²) >= 11 is 5.87. The summed E-state index contributed by atoms with van der Waals surface area (Å²) < 4.78 is 5.91. The van der Waals surface area contributed by atoms with Gasteiger partial charge in [-0.3, -0.25) is 0 Å². The number of benzene rings is 1. The molecule has 1 aliphatic heterocycles. The lowest BCUT2D eigenvalue weighted by Crippen LogP contribution is -2.33. The van der Waals surface area contributed by atoms with Crippen molar-refractivity contribution < 1.29 is 4.74 Å². The van der Waals surface area contributed by atoms with E-state index in [1.807, 2.05) is 12.1 Å². The fourth-order valence-electron chi connectivity index (χ4n) is 1.96. The molecule has 1 saturated heterocycles. The molecular formula is C11H15ClOSi. The standard InChI is InChI=1S/C11H15ClOSi/c12-10-5-3-9(4-6-10)11(14)7-1-2-8-13-11/h3-6H,1-2,7-8H2,14H3. The van der Waals surface area contributed by atoms with Crippen LogP contribution in [0, 0.1) is 0 Å². The van der Waals surface area contributed by atoms with Crippen LogP contribution in [0.25, 0.3) is 0 Å². The van der Waals surface area contributed by atoms with Crippen LogP contribution in [0.5, 0.6) is 0 Å². The Morgan fingerprint density at radius 3 is 2.50 bits per heavy atom. The van der Waals surface area contributed by atoms with E-state index in [2.05, 4.69) is 12.1 Å². The number of hydrogen-bond acceptors (Lipinski definition) is 1. The predicted octanol–water partition coefficient (Wildman–Crippen LogP) is 2.06. The van der Waals surface area contributed by atoms with Gasteiger partial charge in [-0.15, -0.1) is 0 Å². The molecule has 1 atom stereocenters. The van der Waals surface area contributed by atoms with Gasteiger partial charge in [0.1, 0.15) is 0 Å². The van der Waals surface area contributed by atoms with Crippen LogP contribution in [0.2, 0.25) is 5.02 Å². The minimum absolute atomic E-state index is 0.0445. The van der Waals surface area contributed by atoms with Crippen LogP contribution in [0.15, 0.2) is 24.3 Å². The lowest BCUT2D eigenvalue weighted by molar-refractivity contribution is -0.0210. The summed E-state index contributed by atoms with van der Waals surface area (Å²) in [4.78, 5) is 0. The van der Waals surface area contributed by atoms with Crippen molar-refractivity contribution in [3.8, 4) is 0 Å². The molecule has 0 amide bonds. The number of halogens is 1. The average molecular weight is 227 g/mol.